The van der Waals surface area contributed by atoms with E-state index in [9.17, 15) is 0 Å². The van der Waals surface area contributed by atoms with Crippen LogP contribution in [0.5, 0.6) is 0 Å². The lowest BCUT2D eigenvalue weighted by molar-refractivity contribution is 0.170. The monoisotopic (exact) mass is 286 g/mol. The van der Waals surface area contributed by atoms with Crippen LogP contribution in [0.25, 0.3) is 0 Å². The summed E-state index contributed by atoms with van der Waals surface area (Å²) >= 11 is 0. The summed E-state index contributed by atoms with van der Waals surface area (Å²) in [5, 5.41) is 3.85. The summed E-state index contributed by atoms with van der Waals surface area (Å²) in [5.41, 5.74) is 1.46. The summed E-state index contributed by atoms with van der Waals surface area (Å²) in [7, 11) is 0. The molecule has 2 aliphatic rings. The van der Waals surface area contributed by atoms with Crippen molar-refractivity contribution in [3.8, 4) is 0 Å². The average Bonchev–Trinajstić information content (AvgIpc) is 2.82. The number of hydrogen-bond donors (Lipinski definition) is 1. The standard InChI is InChI=1S/C19H30N2/c1-16(17-9-4-2-5-10-17)21-14-8-13-20-19(15-21)18-11-6-3-7-12-18/h2,4-5,9-10,16,18-20H,3,6-8,11-15H2,1H3. The number of rotatable bonds is 3. The highest BCUT2D eigenvalue weighted by Gasteiger charge is 2.28. The predicted molar refractivity (Wildman–Crippen MR) is 89.4 cm³/mol. The number of hydrogen-bond acceptors (Lipinski definition) is 2. The zero-order chi connectivity index (χ0) is 14.5. The van der Waals surface area contributed by atoms with E-state index in [1.807, 2.05) is 0 Å². The van der Waals surface area contributed by atoms with E-state index in [1.54, 1.807) is 0 Å². The molecule has 116 valence electrons. The molecule has 1 N–H and O–H groups in total. The summed E-state index contributed by atoms with van der Waals surface area (Å²) in [6, 6.07) is 12.2. The van der Waals surface area contributed by atoms with Crippen LogP contribution in [0.15, 0.2) is 30.3 Å². The van der Waals surface area contributed by atoms with Gasteiger partial charge in [-0.25, -0.2) is 0 Å². The van der Waals surface area contributed by atoms with Gasteiger partial charge in [-0.2, -0.15) is 0 Å². The number of nitrogens with one attached hydrogen (secondary N) is 1. The molecular formula is C19H30N2. The van der Waals surface area contributed by atoms with Gasteiger partial charge < -0.3 is 5.32 Å². The summed E-state index contributed by atoms with van der Waals surface area (Å²) in [6.07, 6.45) is 8.48. The highest BCUT2D eigenvalue weighted by atomic mass is 15.2. The van der Waals surface area contributed by atoms with Gasteiger partial charge in [0.1, 0.15) is 0 Å². The SMILES string of the molecule is CC(c1ccccc1)N1CCCNC(C2CCCCC2)C1. The molecule has 1 aliphatic heterocycles. The molecule has 2 heteroatoms. The van der Waals surface area contributed by atoms with Crippen molar-refractivity contribution in [3.63, 3.8) is 0 Å². The van der Waals surface area contributed by atoms with Crippen molar-refractivity contribution in [2.75, 3.05) is 19.6 Å². The van der Waals surface area contributed by atoms with E-state index in [1.165, 1.54) is 63.7 Å². The van der Waals surface area contributed by atoms with Gasteiger partial charge in [-0.15, -0.1) is 0 Å². The highest BCUT2D eigenvalue weighted by molar-refractivity contribution is 5.18. The maximum Gasteiger partial charge on any atom is 0.0320 e. The third-order valence-corrected chi connectivity index (χ3v) is 5.51. The van der Waals surface area contributed by atoms with Gasteiger partial charge >= 0.3 is 0 Å². The van der Waals surface area contributed by atoms with E-state index in [0.29, 0.717) is 12.1 Å². The van der Waals surface area contributed by atoms with Crippen LogP contribution in [0.3, 0.4) is 0 Å². The predicted octanol–water partition coefficient (Wildman–Crippen LogP) is 3.99. The summed E-state index contributed by atoms with van der Waals surface area (Å²) in [4.78, 5) is 2.70. The van der Waals surface area contributed by atoms with Crippen molar-refractivity contribution >= 4 is 0 Å². The molecule has 1 aromatic carbocycles. The third-order valence-electron chi connectivity index (χ3n) is 5.51. The van der Waals surface area contributed by atoms with Gasteiger partial charge in [0.05, 0.1) is 0 Å². The molecule has 2 nitrogen and oxygen atoms in total. The second-order valence-corrected chi connectivity index (χ2v) is 6.89. The van der Waals surface area contributed by atoms with Gasteiger partial charge in [-0.1, -0.05) is 49.6 Å². The first kappa shape index (κ1) is 15.1. The van der Waals surface area contributed by atoms with E-state index < -0.39 is 0 Å². The molecule has 0 aromatic heterocycles. The minimum Gasteiger partial charge on any atom is -0.312 e. The van der Waals surface area contributed by atoms with Gasteiger partial charge in [0.15, 0.2) is 0 Å². The topological polar surface area (TPSA) is 15.3 Å². The third kappa shape index (κ3) is 3.87. The van der Waals surface area contributed by atoms with Crippen LogP contribution in [0.1, 0.15) is 57.1 Å². The Labute approximate surface area is 129 Å². The van der Waals surface area contributed by atoms with Gasteiger partial charge in [0, 0.05) is 25.2 Å². The van der Waals surface area contributed by atoms with Crippen molar-refractivity contribution < 1.29 is 0 Å². The van der Waals surface area contributed by atoms with Gasteiger partial charge in [-0.3, -0.25) is 4.90 Å². The molecule has 1 heterocycles. The van der Waals surface area contributed by atoms with Crippen LogP contribution in [-0.2, 0) is 0 Å². The zero-order valence-corrected chi connectivity index (χ0v) is 13.4. The van der Waals surface area contributed by atoms with Crippen molar-refractivity contribution in [1.29, 1.82) is 0 Å². The maximum atomic E-state index is 3.85. The summed E-state index contributed by atoms with van der Waals surface area (Å²) in [6.45, 7) is 6.02. The number of nitrogens with zero attached hydrogens (tertiary/aromatic N) is 1. The quantitative estimate of drug-likeness (QED) is 0.904. The fraction of sp³-hybridized carbons (Fsp3) is 0.684. The molecular weight excluding hydrogens is 256 g/mol. The molecule has 0 amide bonds. The average molecular weight is 286 g/mol. The highest BCUT2D eigenvalue weighted by Crippen LogP contribution is 2.29. The van der Waals surface area contributed by atoms with Crippen LogP contribution in [0.4, 0.5) is 0 Å². The minimum absolute atomic E-state index is 0.539. The molecule has 3 rings (SSSR count). The Balaban J connectivity index is 1.66. The molecule has 0 radical (unpaired) electrons. The van der Waals surface area contributed by atoms with Crippen LogP contribution in [0, 0.1) is 5.92 Å². The second-order valence-electron chi connectivity index (χ2n) is 6.89. The summed E-state index contributed by atoms with van der Waals surface area (Å²) < 4.78 is 0. The fourth-order valence-electron chi connectivity index (χ4n) is 4.12. The maximum absolute atomic E-state index is 3.85. The van der Waals surface area contributed by atoms with Crippen LogP contribution in [-0.4, -0.2) is 30.6 Å². The number of benzene rings is 1. The molecule has 0 bridgehead atoms. The Kier molecular flexibility index (Phi) is 5.32. The molecule has 1 aromatic rings. The molecule has 2 unspecified atom stereocenters. The molecule has 2 atom stereocenters. The first-order valence-electron chi connectivity index (χ1n) is 8.87. The van der Waals surface area contributed by atoms with Crippen LogP contribution < -0.4 is 5.32 Å². The molecule has 0 spiro atoms. The Morgan fingerprint density at radius 3 is 2.57 bits per heavy atom. The Morgan fingerprint density at radius 2 is 1.81 bits per heavy atom. The smallest absolute Gasteiger partial charge is 0.0320 e. The Bertz CT molecular complexity index is 411. The second kappa shape index (κ2) is 7.42. The van der Waals surface area contributed by atoms with Crippen molar-refractivity contribution in [3.05, 3.63) is 35.9 Å². The van der Waals surface area contributed by atoms with E-state index in [4.69, 9.17) is 0 Å². The van der Waals surface area contributed by atoms with Crippen LogP contribution >= 0.6 is 0 Å². The van der Waals surface area contributed by atoms with E-state index >= 15 is 0 Å². The van der Waals surface area contributed by atoms with Gasteiger partial charge in [0.2, 0.25) is 0 Å². The van der Waals surface area contributed by atoms with Gasteiger partial charge in [0.25, 0.3) is 0 Å². The summed E-state index contributed by atoms with van der Waals surface area (Å²) in [5.74, 6) is 0.905. The Hall–Kier alpha value is -0.860. The van der Waals surface area contributed by atoms with E-state index in [0.717, 1.165) is 5.92 Å². The van der Waals surface area contributed by atoms with E-state index in [2.05, 4.69) is 47.5 Å². The first-order valence-corrected chi connectivity index (χ1v) is 8.87. The minimum atomic E-state index is 0.539. The fourth-order valence-corrected chi connectivity index (χ4v) is 4.12. The van der Waals surface area contributed by atoms with Crippen molar-refractivity contribution in [2.24, 2.45) is 5.92 Å². The lowest BCUT2D eigenvalue weighted by atomic mass is 9.83. The molecule has 2 fully saturated rings. The molecule has 21 heavy (non-hydrogen) atoms. The lowest BCUT2D eigenvalue weighted by Crippen LogP contribution is -2.44. The zero-order valence-electron chi connectivity index (χ0n) is 13.4. The molecule has 1 saturated heterocycles. The first-order chi connectivity index (χ1) is 10.3. The lowest BCUT2D eigenvalue weighted by Gasteiger charge is -2.35. The van der Waals surface area contributed by atoms with Crippen molar-refractivity contribution in [2.45, 2.75) is 57.5 Å². The Morgan fingerprint density at radius 1 is 1.05 bits per heavy atom. The largest absolute Gasteiger partial charge is 0.312 e. The van der Waals surface area contributed by atoms with Crippen LogP contribution in [0.2, 0.25) is 0 Å². The molecule has 1 aliphatic carbocycles. The normalized spacial score (nSPS) is 27.2. The van der Waals surface area contributed by atoms with Gasteiger partial charge in [-0.05, 0) is 44.2 Å². The van der Waals surface area contributed by atoms with E-state index in [-0.39, 0.29) is 0 Å². The van der Waals surface area contributed by atoms with Crippen molar-refractivity contribution in [1.82, 2.24) is 10.2 Å². The molecule has 1 saturated carbocycles.